The Kier molecular flexibility index (Phi) is 6.79. The van der Waals surface area contributed by atoms with Crippen molar-refractivity contribution in [1.82, 2.24) is 0 Å². The molecule has 3 rings (SSSR count). The lowest BCUT2D eigenvalue weighted by molar-refractivity contribution is 0.306. The van der Waals surface area contributed by atoms with E-state index in [-0.39, 0.29) is 6.61 Å². The number of halogens is 7. The van der Waals surface area contributed by atoms with Gasteiger partial charge in [0, 0.05) is 5.56 Å². The second-order valence-electron chi connectivity index (χ2n) is 5.89. The highest BCUT2D eigenvalue weighted by Gasteiger charge is 2.25. The maximum absolute atomic E-state index is 13.7. The van der Waals surface area contributed by atoms with E-state index in [1.165, 1.54) is 0 Å². The van der Waals surface area contributed by atoms with Crippen molar-refractivity contribution in [3.05, 3.63) is 92.7 Å². The van der Waals surface area contributed by atoms with Gasteiger partial charge in [0.15, 0.2) is 23.3 Å². The summed E-state index contributed by atoms with van der Waals surface area (Å²) in [5.41, 5.74) is 1.69. The minimum atomic E-state index is -2.25. The van der Waals surface area contributed by atoms with Crippen molar-refractivity contribution in [3.8, 4) is 5.75 Å². The smallest absolute Gasteiger partial charge is 0.200 e. The molecule has 0 spiro atoms. The lowest BCUT2D eigenvalue weighted by atomic mass is 10.2. The van der Waals surface area contributed by atoms with Crippen LogP contribution >= 0.6 is 23.2 Å². The summed E-state index contributed by atoms with van der Waals surface area (Å²) in [5, 5.41) is 4.31. The van der Waals surface area contributed by atoms with E-state index in [2.05, 4.69) is 5.10 Å². The molecule has 0 saturated carbocycles. The topological polar surface area (TPSA) is 33.6 Å². The molecule has 0 unspecified atom stereocenters. The van der Waals surface area contributed by atoms with Crippen molar-refractivity contribution < 1.29 is 26.7 Å². The number of hydrogen-bond acceptors (Lipinski definition) is 3. The zero-order chi connectivity index (χ0) is 21.8. The van der Waals surface area contributed by atoms with E-state index in [9.17, 15) is 22.0 Å². The molecule has 0 aromatic heterocycles. The Morgan fingerprint density at radius 1 is 0.833 bits per heavy atom. The van der Waals surface area contributed by atoms with Crippen molar-refractivity contribution in [2.24, 2.45) is 5.10 Å². The zero-order valence-electron chi connectivity index (χ0n) is 14.8. The average molecular weight is 461 g/mol. The molecule has 0 fully saturated rings. The molecule has 0 radical (unpaired) electrons. The Bertz CT molecular complexity index is 1100. The number of anilines is 1. The van der Waals surface area contributed by atoms with Crippen LogP contribution in [-0.4, -0.2) is 6.21 Å². The van der Waals surface area contributed by atoms with E-state index < -0.39 is 34.8 Å². The first kappa shape index (κ1) is 21.9. The normalized spacial score (nSPS) is 11.2. The molecule has 3 aromatic rings. The molecule has 3 aromatic carbocycles. The Hall–Kier alpha value is -2.84. The van der Waals surface area contributed by atoms with Gasteiger partial charge in [0.05, 0.1) is 16.3 Å². The van der Waals surface area contributed by atoms with E-state index in [1.54, 1.807) is 42.5 Å². The number of benzene rings is 3. The van der Waals surface area contributed by atoms with Crippen LogP contribution in [0.4, 0.5) is 27.6 Å². The summed E-state index contributed by atoms with van der Waals surface area (Å²) in [6, 6.07) is 11.5. The van der Waals surface area contributed by atoms with Crippen LogP contribution in [0.3, 0.4) is 0 Å². The second kappa shape index (κ2) is 9.32. The van der Waals surface area contributed by atoms with Crippen molar-refractivity contribution in [3.63, 3.8) is 0 Å². The van der Waals surface area contributed by atoms with Crippen LogP contribution < -0.4 is 10.2 Å². The van der Waals surface area contributed by atoms with E-state index in [0.717, 1.165) is 11.8 Å². The van der Waals surface area contributed by atoms with Gasteiger partial charge in [-0.05, 0) is 29.8 Å². The maximum atomic E-state index is 13.7. The zero-order valence-corrected chi connectivity index (χ0v) is 16.3. The van der Waals surface area contributed by atoms with Crippen LogP contribution in [-0.2, 0) is 6.61 Å². The van der Waals surface area contributed by atoms with E-state index in [4.69, 9.17) is 27.9 Å². The predicted octanol–water partition coefficient (Wildman–Crippen LogP) is 6.71. The summed E-state index contributed by atoms with van der Waals surface area (Å²) in [6.45, 7) is 0.132. The van der Waals surface area contributed by atoms with Crippen LogP contribution in [0.5, 0.6) is 5.75 Å². The van der Waals surface area contributed by atoms with Gasteiger partial charge in [-0.2, -0.15) is 5.10 Å². The minimum absolute atomic E-state index is 0.132. The molecule has 0 atom stereocenters. The van der Waals surface area contributed by atoms with Gasteiger partial charge >= 0.3 is 0 Å². The van der Waals surface area contributed by atoms with Crippen molar-refractivity contribution in [2.75, 3.05) is 5.43 Å². The lowest BCUT2D eigenvalue weighted by Crippen LogP contribution is -2.06. The highest BCUT2D eigenvalue weighted by atomic mass is 35.5. The number of hydrogen-bond donors (Lipinski definition) is 1. The molecule has 0 amide bonds. The molecular weight excluding hydrogens is 450 g/mol. The van der Waals surface area contributed by atoms with Gasteiger partial charge in [-0.1, -0.05) is 41.4 Å². The van der Waals surface area contributed by atoms with Gasteiger partial charge in [-0.25, -0.2) is 22.0 Å². The quantitative estimate of drug-likeness (QED) is 0.146. The fourth-order valence-corrected chi connectivity index (χ4v) is 2.70. The van der Waals surface area contributed by atoms with Gasteiger partial charge in [0.2, 0.25) is 5.82 Å². The molecule has 30 heavy (non-hydrogen) atoms. The Labute approximate surface area is 177 Å². The molecule has 3 nitrogen and oxygen atoms in total. The Morgan fingerprint density at radius 2 is 1.47 bits per heavy atom. The van der Waals surface area contributed by atoms with Crippen LogP contribution in [0.1, 0.15) is 11.1 Å². The monoisotopic (exact) mass is 460 g/mol. The highest BCUT2D eigenvalue weighted by Crippen LogP contribution is 2.27. The first-order chi connectivity index (χ1) is 14.3. The number of hydrazone groups is 1. The average Bonchev–Trinajstić information content (AvgIpc) is 2.75. The largest absolute Gasteiger partial charge is 0.488 e. The van der Waals surface area contributed by atoms with Gasteiger partial charge in [0.25, 0.3) is 0 Å². The standard InChI is InChI=1S/C20H11Cl2F5N2O/c21-12-6-5-10(7-13(12)22)9-30-14-4-2-1-3-11(14)8-28-29-20-18(26)16(24)15(23)17(25)19(20)27/h1-8,29H,9H2. The van der Waals surface area contributed by atoms with E-state index in [1.807, 2.05) is 5.43 Å². The summed E-state index contributed by atoms with van der Waals surface area (Å²) in [4.78, 5) is 0. The first-order valence-corrected chi connectivity index (χ1v) is 9.01. The predicted molar refractivity (Wildman–Crippen MR) is 105 cm³/mol. The van der Waals surface area contributed by atoms with Gasteiger partial charge < -0.3 is 4.74 Å². The number of nitrogens with one attached hydrogen (secondary N) is 1. The SMILES string of the molecule is Fc1c(F)c(F)c(NN=Cc2ccccc2OCc2ccc(Cl)c(Cl)c2)c(F)c1F. The molecule has 0 aliphatic rings. The maximum Gasteiger partial charge on any atom is 0.200 e. The second-order valence-corrected chi connectivity index (χ2v) is 6.70. The van der Waals surface area contributed by atoms with Crippen LogP contribution in [0, 0.1) is 29.1 Å². The summed E-state index contributed by atoms with van der Waals surface area (Å²) in [7, 11) is 0. The number of rotatable bonds is 6. The first-order valence-electron chi connectivity index (χ1n) is 8.26. The molecule has 0 bridgehead atoms. The van der Waals surface area contributed by atoms with Gasteiger partial charge in [0.1, 0.15) is 18.0 Å². The Balaban J connectivity index is 1.77. The molecule has 0 aliphatic carbocycles. The van der Waals surface area contributed by atoms with Crippen LogP contribution in [0.2, 0.25) is 10.0 Å². The molecule has 1 N–H and O–H groups in total. The van der Waals surface area contributed by atoms with Crippen LogP contribution in [0.25, 0.3) is 0 Å². The summed E-state index contributed by atoms with van der Waals surface area (Å²) >= 11 is 11.8. The molecule has 156 valence electrons. The minimum Gasteiger partial charge on any atom is -0.488 e. The molecule has 0 aliphatic heterocycles. The highest BCUT2D eigenvalue weighted by molar-refractivity contribution is 6.42. The fraction of sp³-hybridized carbons (Fsp3) is 0.0500. The van der Waals surface area contributed by atoms with Gasteiger partial charge in [-0.15, -0.1) is 0 Å². The molecule has 0 heterocycles. The van der Waals surface area contributed by atoms with E-state index in [0.29, 0.717) is 21.4 Å². The third-order valence-corrected chi connectivity index (χ3v) is 4.63. The van der Waals surface area contributed by atoms with Crippen molar-refractivity contribution in [2.45, 2.75) is 6.61 Å². The third kappa shape index (κ3) is 4.66. The van der Waals surface area contributed by atoms with Crippen LogP contribution in [0.15, 0.2) is 47.6 Å². The molecule has 10 heteroatoms. The van der Waals surface area contributed by atoms with Crippen molar-refractivity contribution >= 4 is 35.1 Å². The number of ether oxygens (including phenoxy) is 1. The number of nitrogens with zero attached hydrogens (tertiary/aromatic N) is 1. The fourth-order valence-electron chi connectivity index (χ4n) is 2.38. The van der Waals surface area contributed by atoms with E-state index >= 15 is 0 Å². The summed E-state index contributed by atoms with van der Waals surface area (Å²) in [6.07, 6.45) is 1.11. The van der Waals surface area contributed by atoms with Crippen molar-refractivity contribution in [1.29, 1.82) is 0 Å². The summed E-state index contributed by atoms with van der Waals surface area (Å²) < 4.78 is 72.6. The molecular formula is C20H11Cl2F5N2O. The van der Waals surface area contributed by atoms with Gasteiger partial charge in [-0.3, -0.25) is 5.43 Å². The lowest BCUT2D eigenvalue weighted by Gasteiger charge is -2.10. The third-order valence-electron chi connectivity index (χ3n) is 3.89. The summed E-state index contributed by atoms with van der Waals surface area (Å²) in [5.74, 6) is -10.1. The Morgan fingerprint density at radius 3 is 2.13 bits per heavy atom. The molecule has 0 saturated heterocycles. The number of para-hydroxylation sites is 1.